The van der Waals surface area contributed by atoms with Crippen molar-refractivity contribution in [1.82, 2.24) is 4.90 Å². The van der Waals surface area contributed by atoms with Crippen molar-refractivity contribution < 1.29 is 14.3 Å². The Balaban J connectivity index is 1.39. The van der Waals surface area contributed by atoms with E-state index in [4.69, 9.17) is 0 Å². The van der Waals surface area contributed by atoms with E-state index in [0.29, 0.717) is 17.9 Å². The fourth-order valence-corrected chi connectivity index (χ4v) is 4.46. The van der Waals surface area contributed by atoms with E-state index in [1.54, 1.807) is 12.1 Å². The third kappa shape index (κ3) is 4.89. The van der Waals surface area contributed by atoms with E-state index in [1.165, 1.54) is 44.2 Å². The summed E-state index contributed by atoms with van der Waals surface area (Å²) in [5, 5.41) is 11.0. The maximum absolute atomic E-state index is 12.9. The van der Waals surface area contributed by atoms with Crippen molar-refractivity contribution in [3.63, 3.8) is 0 Å². The average molecular weight is 347 g/mol. The molecule has 0 aromatic heterocycles. The summed E-state index contributed by atoms with van der Waals surface area (Å²) in [7, 11) is 0. The lowest BCUT2D eigenvalue weighted by Crippen LogP contribution is -2.49. The van der Waals surface area contributed by atoms with E-state index >= 15 is 0 Å². The van der Waals surface area contributed by atoms with Crippen molar-refractivity contribution in [3.05, 3.63) is 35.6 Å². The molecule has 2 fully saturated rings. The average Bonchev–Trinajstić information content (AvgIpc) is 2.65. The van der Waals surface area contributed by atoms with Crippen LogP contribution in [0.3, 0.4) is 0 Å². The first-order valence-electron chi connectivity index (χ1n) is 9.80. The second-order valence-corrected chi connectivity index (χ2v) is 7.81. The summed E-state index contributed by atoms with van der Waals surface area (Å²) >= 11 is 0. The first-order chi connectivity index (χ1) is 12.1. The summed E-state index contributed by atoms with van der Waals surface area (Å²) in [4.78, 5) is 14.5. The van der Waals surface area contributed by atoms with Gasteiger partial charge in [-0.2, -0.15) is 0 Å². The number of Topliss-reactive ketones (excluding diaryl/α,β-unsaturated/α-hetero) is 1. The summed E-state index contributed by atoms with van der Waals surface area (Å²) in [6, 6.07) is 5.79. The van der Waals surface area contributed by atoms with Gasteiger partial charge < -0.3 is 10.0 Å². The van der Waals surface area contributed by atoms with Crippen molar-refractivity contribution >= 4 is 5.78 Å². The molecule has 1 heterocycles. The van der Waals surface area contributed by atoms with Gasteiger partial charge in [0.05, 0.1) is 5.60 Å². The predicted octanol–water partition coefficient (Wildman–Crippen LogP) is 4.20. The van der Waals surface area contributed by atoms with Crippen LogP contribution in [0.4, 0.5) is 4.39 Å². The van der Waals surface area contributed by atoms with Gasteiger partial charge in [-0.25, -0.2) is 4.39 Å². The first kappa shape index (κ1) is 18.5. The van der Waals surface area contributed by atoms with Crippen LogP contribution in [0.1, 0.15) is 68.1 Å². The molecule has 0 bridgehead atoms. The number of aliphatic hydroxyl groups is 1. The van der Waals surface area contributed by atoms with Crippen LogP contribution in [-0.2, 0) is 0 Å². The molecule has 1 aromatic rings. The van der Waals surface area contributed by atoms with Crippen molar-refractivity contribution in [2.45, 2.75) is 63.4 Å². The molecule has 0 amide bonds. The van der Waals surface area contributed by atoms with Crippen molar-refractivity contribution in [2.75, 3.05) is 19.6 Å². The van der Waals surface area contributed by atoms with Crippen LogP contribution in [0.5, 0.6) is 0 Å². The minimum Gasteiger partial charge on any atom is -0.390 e. The highest BCUT2D eigenvalue weighted by molar-refractivity contribution is 5.95. The zero-order valence-corrected chi connectivity index (χ0v) is 15.1. The van der Waals surface area contributed by atoms with Crippen molar-refractivity contribution in [3.8, 4) is 0 Å². The van der Waals surface area contributed by atoms with E-state index < -0.39 is 5.60 Å². The number of carbonyl (C=O) groups is 1. The molecule has 138 valence electrons. The predicted molar refractivity (Wildman–Crippen MR) is 97.2 cm³/mol. The number of halogens is 1. The lowest BCUT2D eigenvalue weighted by atomic mass is 9.72. The Kier molecular flexibility index (Phi) is 6.24. The molecule has 1 aromatic carbocycles. The molecule has 0 atom stereocenters. The summed E-state index contributed by atoms with van der Waals surface area (Å²) in [6.07, 6.45) is 9.26. The number of ketones is 1. The molecule has 1 aliphatic carbocycles. The summed E-state index contributed by atoms with van der Waals surface area (Å²) in [5.41, 5.74) is 0.132. The lowest BCUT2D eigenvalue weighted by molar-refractivity contribution is -0.0773. The second-order valence-electron chi connectivity index (χ2n) is 7.81. The van der Waals surface area contributed by atoms with E-state index in [2.05, 4.69) is 4.90 Å². The Morgan fingerprint density at radius 2 is 1.76 bits per heavy atom. The molecule has 3 rings (SSSR count). The van der Waals surface area contributed by atoms with Crippen LogP contribution in [0.25, 0.3) is 0 Å². The molecule has 25 heavy (non-hydrogen) atoms. The molecule has 0 spiro atoms. The van der Waals surface area contributed by atoms with Crippen LogP contribution < -0.4 is 0 Å². The maximum Gasteiger partial charge on any atom is 0.162 e. The highest BCUT2D eigenvalue weighted by atomic mass is 19.1. The SMILES string of the molecule is O=C(CCCN1CCC(O)(C2CCCCC2)CC1)c1ccc(F)cc1. The zero-order valence-electron chi connectivity index (χ0n) is 15.1. The molecular weight excluding hydrogens is 317 g/mol. The highest BCUT2D eigenvalue weighted by Gasteiger charge is 2.39. The number of hydrogen-bond acceptors (Lipinski definition) is 3. The summed E-state index contributed by atoms with van der Waals surface area (Å²) in [5.74, 6) is 0.259. The van der Waals surface area contributed by atoms with Crippen molar-refractivity contribution in [2.24, 2.45) is 5.92 Å². The van der Waals surface area contributed by atoms with Gasteiger partial charge in [-0.05, 0) is 68.8 Å². The Bertz CT molecular complexity index is 558. The third-order valence-electron chi connectivity index (χ3n) is 6.13. The largest absolute Gasteiger partial charge is 0.390 e. The molecule has 4 heteroatoms. The van der Waals surface area contributed by atoms with Gasteiger partial charge in [-0.3, -0.25) is 4.79 Å². The molecule has 0 unspecified atom stereocenters. The lowest BCUT2D eigenvalue weighted by Gasteiger charge is -2.44. The van der Waals surface area contributed by atoms with Gasteiger partial charge in [-0.15, -0.1) is 0 Å². The van der Waals surface area contributed by atoms with Gasteiger partial charge in [0, 0.05) is 25.1 Å². The fourth-order valence-electron chi connectivity index (χ4n) is 4.46. The van der Waals surface area contributed by atoms with Crippen LogP contribution >= 0.6 is 0 Å². The van der Waals surface area contributed by atoms with Gasteiger partial charge in [0.2, 0.25) is 0 Å². The third-order valence-corrected chi connectivity index (χ3v) is 6.13. The van der Waals surface area contributed by atoms with Crippen LogP contribution in [0, 0.1) is 11.7 Å². The molecule has 1 saturated carbocycles. The maximum atomic E-state index is 12.9. The topological polar surface area (TPSA) is 40.5 Å². The molecule has 3 nitrogen and oxygen atoms in total. The number of likely N-dealkylation sites (tertiary alicyclic amines) is 1. The molecule has 0 radical (unpaired) electrons. The van der Waals surface area contributed by atoms with Gasteiger partial charge in [0.1, 0.15) is 5.82 Å². The number of piperidine rings is 1. The van der Waals surface area contributed by atoms with Gasteiger partial charge in [0.25, 0.3) is 0 Å². The molecule has 1 saturated heterocycles. The van der Waals surface area contributed by atoms with E-state index in [9.17, 15) is 14.3 Å². The minimum absolute atomic E-state index is 0.0794. The molecular formula is C21H30FNO2. The fraction of sp³-hybridized carbons (Fsp3) is 0.667. The van der Waals surface area contributed by atoms with Crippen molar-refractivity contribution in [1.29, 1.82) is 0 Å². The monoisotopic (exact) mass is 347 g/mol. The van der Waals surface area contributed by atoms with Crippen LogP contribution in [0.2, 0.25) is 0 Å². The van der Waals surface area contributed by atoms with Crippen LogP contribution in [-0.4, -0.2) is 41.0 Å². The van der Waals surface area contributed by atoms with Crippen LogP contribution in [0.15, 0.2) is 24.3 Å². The first-order valence-corrected chi connectivity index (χ1v) is 9.80. The highest BCUT2D eigenvalue weighted by Crippen LogP contribution is 2.38. The minimum atomic E-state index is -0.457. The van der Waals surface area contributed by atoms with Gasteiger partial charge in [0.15, 0.2) is 5.78 Å². The Labute approximate surface area is 150 Å². The van der Waals surface area contributed by atoms with Gasteiger partial charge >= 0.3 is 0 Å². The quantitative estimate of drug-likeness (QED) is 0.784. The Hall–Kier alpha value is -1.26. The Morgan fingerprint density at radius 1 is 1.12 bits per heavy atom. The number of rotatable bonds is 6. The standard InChI is InChI=1S/C21H30FNO2/c22-19-10-8-17(9-11-19)20(24)7-4-14-23-15-12-21(25,13-16-23)18-5-2-1-3-6-18/h8-11,18,25H,1-7,12-16H2. The molecule has 1 aliphatic heterocycles. The number of nitrogens with zero attached hydrogens (tertiary/aromatic N) is 1. The number of benzene rings is 1. The molecule has 1 N–H and O–H groups in total. The normalized spacial score (nSPS) is 22.0. The Morgan fingerprint density at radius 3 is 2.40 bits per heavy atom. The van der Waals surface area contributed by atoms with E-state index in [-0.39, 0.29) is 11.6 Å². The zero-order chi connectivity index (χ0) is 17.7. The van der Waals surface area contributed by atoms with Gasteiger partial charge in [-0.1, -0.05) is 19.3 Å². The second kappa shape index (κ2) is 8.41. The van der Waals surface area contributed by atoms with E-state index in [1.807, 2.05) is 0 Å². The molecule has 2 aliphatic rings. The summed E-state index contributed by atoms with van der Waals surface area (Å²) < 4.78 is 12.9. The smallest absolute Gasteiger partial charge is 0.162 e. The number of carbonyl (C=O) groups excluding carboxylic acids is 1. The van der Waals surface area contributed by atoms with E-state index in [0.717, 1.165) is 38.9 Å². The number of hydrogen-bond donors (Lipinski definition) is 1. The summed E-state index contributed by atoms with van der Waals surface area (Å²) in [6.45, 7) is 2.75.